The average molecular weight is 244 g/mol. The van der Waals surface area contributed by atoms with Crippen LogP contribution in [0.5, 0.6) is 0 Å². The minimum Gasteiger partial charge on any atom is -0.399 e. The number of anilines is 1. The Balaban J connectivity index is 1.99. The van der Waals surface area contributed by atoms with Crippen LogP contribution in [0, 0.1) is 12.8 Å². The van der Waals surface area contributed by atoms with E-state index in [0.29, 0.717) is 25.6 Å². The molecular formula is C14H16N2O2. The van der Waals surface area contributed by atoms with Gasteiger partial charge < -0.3 is 10.5 Å². The van der Waals surface area contributed by atoms with Gasteiger partial charge in [-0.25, -0.2) is 0 Å². The van der Waals surface area contributed by atoms with Gasteiger partial charge in [-0.05, 0) is 31.2 Å². The highest BCUT2D eigenvalue weighted by atomic mass is 16.5. The fraction of sp³-hybridized carbons (Fsp3) is 0.357. The fourth-order valence-electron chi connectivity index (χ4n) is 2.44. The van der Waals surface area contributed by atoms with Crippen LogP contribution < -0.4 is 5.73 Å². The van der Waals surface area contributed by atoms with E-state index < -0.39 is 0 Å². The number of nitrogen functional groups attached to an aromatic ring is 1. The maximum atomic E-state index is 12.3. The Morgan fingerprint density at radius 2 is 2.22 bits per heavy atom. The molecule has 1 aromatic heterocycles. The largest absolute Gasteiger partial charge is 0.399 e. The molecule has 0 bridgehead atoms. The lowest BCUT2D eigenvalue weighted by atomic mass is 10.0. The van der Waals surface area contributed by atoms with Gasteiger partial charge in [0.1, 0.15) is 0 Å². The summed E-state index contributed by atoms with van der Waals surface area (Å²) in [5, 5.41) is 1.02. The van der Waals surface area contributed by atoms with Crippen molar-refractivity contribution in [3.8, 4) is 0 Å². The molecule has 2 aromatic rings. The number of hydrogen-bond acceptors (Lipinski definition) is 3. The molecule has 2 N–H and O–H groups in total. The quantitative estimate of drug-likeness (QED) is 0.824. The van der Waals surface area contributed by atoms with E-state index in [0.717, 1.165) is 22.3 Å². The molecule has 0 saturated carbocycles. The number of nitrogens with zero attached hydrogens (tertiary/aromatic N) is 1. The Morgan fingerprint density at radius 1 is 1.44 bits per heavy atom. The zero-order valence-corrected chi connectivity index (χ0v) is 10.3. The van der Waals surface area contributed by atoms with Crippen molar-refractivity contribution in [2.24, 2.45) is 5.92 Å². The molecule has 2 heterocycles. The summed E-state index contributed by atoms with van der Waals surface area (Å²) in [5.41, 5.74) is 8.38. The maximum absolute atomic E-state index is 12.3. The number of aryl methyl sites for hydroxylation is 1. The predicted molar refractivity (Wildman–Crippen MR) is 70.6 cm³/mol. The van der Waals surface area contributed by atoms with Gasteiger partial charge in [-0.2, -0.15) is 0 Å². The van der Waals surface area contributed by atoms with Crippen LogP contribution in [0.3, 0.4) is 0 Å². The lowest BCUT2D eigenvalue weighted by molar-refractivity contribution is -0.0332. The molecule has 0 atom stereocenters. The first-order chi connectivity index (χ1) is 8.65. The number of ether oxygens (including phenoxy) is 1. The number of fused-ring (bicyclic) bond motifs is 1. The summed E-state index contributed by atoms with van der Waals surface area (Å²) < 4.78 is 6.89. The van der Waals surface area contributed by atoms with E-state index in [-0.39, 0.29) is 5.91 Å². The summed E-state index contributed by atoms with van der Waals surface area (Å²) >= 11 is 0. The van der Waals surface area contributed by atoms with Crippen LogP contribution in [-0.2, 0) is 4.74 Å². The van der Waals surface area contributed by atoms with Crippen molar-refractivity contribution in [2.75, 3.05) is 18.9 Å². The first-order valence-corrected chi connectivity index (χ1v) is 6.13. The first kappa shape index (κ1) is 11.3. The van der Waals surface area contributed by atoms with Crippen LogP contribution in [0.1, 0.15) is 16.9 Å². The summed E-state index contributed by atoms with van der Waals surface area (Å²) in [5.74, 6) is 0.517. The van der Waals surface area contributed by atoms with Gasteiger partial charge in [-0.1, -0.05) is 0 Å². The van der Waals surface area contributed by atoms with Crippen LogP contribution in [0.25, 0.3) is 10.9 Å². The van der Waals surface area contributed by atoms with E-state index in [4.69, 9.17) is 10.5 Å². The highest BCUT2D eigenvalue weighted by Crippen LogP contribution is 2.24. The zero-order chi connectivity index (χ0) is 12.7. The molecule has 1 fully saturated rings. The topological polar surface area (TPSA) is 57.2 Å². The Labute approximate surface area is 105 Å². The van der Waals surface area contributed by atoms with E-state index in [1.807, 2.05) is 31.2 Å². The highest BCUT2D eigenvalue weighted by Gasteiger charge is 2.23. The van der Waals surface area contributed by atoms with E-state index in [1.165, 1.54) is 0 Å². The van der Waals surface area contributed by atoms with Gasteiger partial charge in [-0.3, -0.25) is 9.36 Å². The second-order valence-corrected chi connectivity index (χ2v) is 4.94. The second kappa shape index (κ2) is 4.14. The van der Waals surface area contributed by atoms with Gasteiger partial charge in [0.05, 0.1) is 18.7 Å². The third kappa shape index (κ3) is 1.78. The summed E-state index contributed by atoms with van der Waals surface area (Å²) in [6.07, 6.45) is 0.551. The van der Waals surface area contributed by atoms with Crippen molar-refractivity contribution in [1.29, 1.82) is 0 Å². The molecule has 4 nitrogen and oxygen atoms in total. The fourth-order valence-corrected chi connectivity index (χ4v) is 2.44. The monoisotopic (exact) mass is 244 g/mol. The number of rotatable bonds is 2. The van der Waals surface area contributed by atoms with Gasteiger partial charge in [0.2, 0.25) is 5.91 Å². The van der Waals surface area contributed by atoms with Gasteiger partial charge in [0.25, 0.3) is 0 Å². The van der Waals surface area contributed by atoms with E-state index in [1.54, 1.807) is 4.57 Å². The summed E-state index contributed by atoms with van der Waals surface area (Å²) in [6.45, 7) is 3.36. The molecule has 0 radical (unpaired) electrons. The lowest BCUT2D eigenvalue weighted by Gasteiger charge is -2.25. The number of benzene rings is 1. The van der Waals surface area contributed by atoms with Crippen molar-refractivity contribution >= 4 is 22.5 Å². The predicted octanol–water partition coefficient (Wildman–Crippen LogP) is 2.21. The highest BCUT2D eigenvalue weighted by molar-refractivity contribution is 5.95. The Bertz CT molecular complexity index is 612. The van der Waals surface area contributed by atoms with E-state index >= 15 is 0 Å². The van der Waals surface area contributed by atoms with Crippen molar-refractivity contribution < 1.29 is 9.53 Å². The van der Waals surface area contributed by atoms with Crippen molar-refractivity contribution in [1.82, 2.24) is 4.57 Å². The summed E-state index contributed by atoms with van der Waals surface area (Å²) in [4.78, 5) is 12.3. The van der Waals surface area contributed by atoms with E-state index in [2.05, 4.69) is 0 Å². The van der Waals surface area contributed by atoms with Crippen LogP contribution >= 0.6 is 0 Å². The standard InChI is InChI=1S/C14H16N2O2/c1-9-4-11-6-12(15)2-3-13(11)16(9)14(17)5-10-7-18-8-10/h2-4,6,10H,5,7-8,15H2,1H3. The molecule has 1 aromatic carbocycles. The molecule has 18 heavy (non-hydrogen) atoms. The lowest BCUT2D eigenvalue weighted by Crippen LogP contribution is -2.31. The number of aromatic nitrogens is 1. The minimum absolute atomic E-state index is 0.139. The number of hydrogen-bond donors (Lipinski definition) is 1. The Morgan fingerprint density at radius 3 is 2.89 bits per heavy atom. The van der Waals surface area contributed by atoms with Gasteiger partial charge >= 0.3 is 0 Å². The molecular weight excluding hydrogens is 228 g/mol. The third-order valence-corrected chi connectivity index (χ3v) is 3.43. The number of nitrogens with two attached hydrogens (primary N) is 1. The molecule has 1 saturated heterocycles. The Hall–Kier alpha value is -1.81. The van der Waals surface area contributed by atoms with E-state index in [9.17, 15) is 4.79 Å². The van der Waals surface area contributed by atoms with Crippen molar-refractivity contribution in [2.45, 2.75) is 13.3 Å². The van der Waals surface area contributed by atoms with Gasteiger partial charge in [0.15, 0.2) is 0 Å². The molecule has 0 unspecified atom stereocenters. The van der Waals surface area contributed by atoms with Gasteiger partial charge in [-0.15, -0.1) is 0 Å². The number of carbonyl (C=O) groups is 1. The van der Waals surface area contributed by atoms with Crippen LogP contribution in [0.15, 0.2) is 24.3 Å². The second-order valence-electron chi connectivity index (χ2n) is 4.94. The smallest absolute Gasteiger partial charge is 0.231 e. The summed E-state index contributed by atoms with van der Waals surface area (Å²) in [6, 6.07) is 7.64. The molecule has 3 rings (SSSR count). The number of carbonyl (C=O) groups excluding carboxylic acids is 1. The molecule has 94 valence electrons. The van der Waals surface area contributed by atoms with Crippen molar-refractivity contribution in [3.63, 3.8) is 0 Å². The third-order valence-electron chi connectivity index (χ3n) is 3.43. The zero-order valence-electron chi connectivity index (χ0n) is 10.3. The normalized spacial score (nSPS) is 15.8. The Kier molecular flexibility index (Phi) is 2.59. The van der Waals surface area contributed by atoms with Gasteiger partial charge in [0, 0.05) is 29.1 Å². The molecule has 4 heteroatoms. The van der Waals surface area contributed by atoms with Crippen LogP contribution in [0.2, 0.25) is 0 Å². The molecule has 0 aliphatic carbocycles. The summed E-state index contributed by atoms with van der Waals surface area (Å²) in [7, 11) is 0. The molecule has 0 amide bonds. The molecule has 1 aliphatic heterocycles. The SMILES string of the molecule is Cc1cc2cc(N)ccc2n1C(=O)CC1COC1. The first-order valence-electron chi connectivity index (χ1n) is 6.13. The van der Waals surface area contributed by atoms with Crippen LogP contribution in [-0.4, -0.2) is 23.7 Å². The molecule has 0 spiro atoms. The molecule has 1 aliphatic rings. The van der Waals surface area contributed by atoms with Crippen molar-refractivity contribution in [3.05, 3.63) is 30.0 Å². The van der Waals surface area contributed by atoms with Crippen LogP contribution in [0.4, 0.5) is 5.69 Å². The maximum Gasteiger partial charge on any atom is 0.231 e. The minimum atomic E-state index is 0.139. The average Bonchev–Trinajstić information content (AvgIpc) is 2.58.